The second-order valence-corrected chi connectivity index (χ2v) is 8.02. The van der Waals surface area contributed by atoms with Crippen LogP contribution in [0.1, 0.15) is 17.4 Å². The molecule has 0 aliphatic carbocycles. The van der Waals surface area contributed by atoms with Crippen LogP contribution in [0, 0.1) is 0 Å². The predicted molar refractivity (Wildman–Crippen MR) is 99.8 cm³/mol. The van der Waals surface area contributed by atoms with E-state index in [1.165, 1.54) is 11.8 Å². The molecule has 4 rings (SSSR count). The zero-order valence-electron chi connectivity index (χ0n) is 13.6. The number of rotatable bonds is 4. The summed E-state index contributed by atoms with van der Waals surface area (Å²) in [6.45, 7) is 1.53. The van der Waals surface area contributed by atoms with Crippen LogP contribution >= 0.6 is 23.5 Å². The number of benzene rings is 1. The molecule has 7 heteroatoms. The van der Waals surface area contributed by atoms with E-state index < -0.39 is 0 Å². The molecule has 1 aliphatic rings. The third-order valence-electron chi connectivity index (χ3n) is 4.15. The lowest BCUT2D eigenvalue weighted by Gasteiger charge is -2.19. The van der Waals surface area contributed by atoms with Gasteiger partial charge in [-0.15, -0.1) is 11.8 Å². The highest BCUT2D eigenvalue weighted by molar-refractivity contribution is 7.99. The lowest BCUT2D eigenvalue weighted by atomic mass is 10.2. The molecule has 2 aromatic heterocycles. The molecule has 3 heterocycles. The van der Waals surface area contributed by atoms with Crippen LogP contribution in [-0.2, 0) is 4.79 Å². The lowest BCUT2D eigenvalue weighted by Crippen LogP contribution is -2.34. The van der Waals surface area contributed by atoms with Gasteiger partial charge in [0, 0.05) is 18.8 Å². The largest absolute Gasteiger partial charge is 0.468 e. The minimum Gasteiger partial charge on any atom is -0.468 e. The van der Waals surface area contributed by atoms with E-state index in [4.69, 9.17) is 8.83 Å². The van der Waals surface area contributed by atoms with E-state index in [0.717, 1.165) is 42.1 Å². The van der Waals surface area contributed by atoms with Crippen LogP contribution in [0.5, 0.6) is 0 Å². The van der Waals surface area contributed by atoms with E-state index in [9.17, 15) is 4.79 Å². The quantitative estimate of drug-likeness (QED) is 0.637. The Labute approximate surface area is 154 Å². The van der Waals surface area contributed by atoms with Gasteiger partial charge >= 0.3 is 0 Å². The molecule has 1 amide bonds. The first kappa shape index (κ1) is 16.6. The summed E-state index contributed by atoms with van der Waals surface area (Å²) < 4.78 is 11.2. The van der Waals surface area contributed by atoms with E-state index in [1.54, 1.807) is 6.26 Å². The summed E-state index contributed by atoms with van der Waals surface area (Å²) in [7, 11) is 0. The fourth-order valence-electron chi connectivity index (χ4n) is 2.85. The maximum Gasteiger partial charge on any atom is 0.257 e. The number of para-hydroxylation sites is 2. The zero-order chi connectivity index (χ0) is 17.1. The van der Waals surface area contributed by atoms with Gasteiger partial charge in [-0.25, -0.2) is 4.98 Å². The van der Waals surface area contributed by atoms with Crippen LogP contribution in [0.2, 0.25) is 0 Å². The Morgan fingerprint density at radius 3 is 3.04 bits per heavy atom. The van der Waals surface area contributed by atoms with Gasteiger partial charge in [0.05, 0.1) is 17.3 Å². The van der Waals surface area contributed by atoms with Crippen LogP contribution in [0.4, 0.5) is 0 Å². The van der Waals surface area contributed by atoms with Crippen molar-refractivity contribution in [2.24, 2.45) is 0 Å². The molecule has 0 unspecified atom stereocenters. The average molecular weight is 374 g/mol. The molecule has 1 fully saturated rings. The second kappa shape index (κ2) is 7.58. The van der Waals surface area contributed by atoms with Gasteiger partial charge in [-0.1, -0.05) is 23.9 Å². The van der Waals surface area contributed by atoms with Crippen molar-refractivity contribution in [2.75, 3.05) is 24.6 Å². The van der Waals surface area contributed by atoms with E-state index in [-0.39, 0.29) is 5.91 Å². The summed E-state index contributed by atoms with van der Waals surface area (Å²) >= 11 is 3.21. The van der Waals surface area contributed by atoms with Crippen molar-refractivity contribution >= 4 is 40.5 Å². The van der Waals surface area contributed by atoms with E-state index in [0.29, 0.717) is 16.2 Å². The summed E-state index contributed by atoms with van der Waals surface area (Å²) in [4.78, 5) is 18.9. The third kappa shape index (κ3) is 3.88. The van der Waals surface area contributed by atoms with Crippen molar-refractivity contribution in [3.8, 4) is 0 Å². The van der Waals surface area contributed by atoms with E-state index >= 15 is 0 Å². The van der Waals surface area contributed by atoms with Crippen molar-refractivity contribution in [1.82, 2.24) is 9.88 Å². The maximum absolute atomic E-state index is 12.5. The maximum atomic E-state index is 12.5. The topological polar surface area (TPSA) is 59.5 Å². The molecule has 1 aromatic carbocycles. The summed E-state index contributed by atoms with van der Waals surface area (Å²) in [6, 6.07) is 11.6. The first-order chi connectivity index (χ1) is 12.3. The van der Waals surface area contributed by atoms with Gasteiger partial charge in [0.25, 0.3) is 5.22 Å². The minimum atomic E-state index is 0.132. The average Bonchev–Trinajstić information content (AvgIpc) is 3.24. The Balaban J connectivity index is 1.33. The zero-order valence-corrected chi connectivity index (χ0v) is 15.2. The fraction of sp³-hybridized carbons (Fsp3) is 0.333. The molecule has 0 radical (unpaired) electrons. The summed E-state index contributed by atoms with van der Waals surface area (Å²) in [6.07, 6.45) is 2.62. The highest BCUT2D eigenvalue weighted by Gasteiger charge is 2.23. The van der Waals surface area contributed by atoms with Crippen molar-refractivity contribution in [2.45, 2.75) is 16.9 Å². The van der Waals surface area contributed by atoms with Crippen molar-refractivity contribution < 1.29 is 13.6 Å². The van der Waals surface area contributed by atoms with Crippen LogP contribution < -0.4 is 0 Å². The Morgan fingerprint density at radius 1 is 1.28 bits per heavy atom. The number of oxazole rings is 1. The molecule has 0 spiro atoms. The Bertz CT molecular complexity index is 814. The normalized spacial score (nSPS) is 18.4. The molecule has 3 aromatic rings. The number of carbonyl (C=O) groups excluding carboxylic acids is 1. The minimum absolute atomic E-state index is 0.132. The van der Waals surface area contributed by atoms with Gasteiger partial charge in [-0.3, -0.25) is 4.79 Å². The number of aromatic nitrogens is 1. The molecular formula is C18H18N2O3S2. The van der Waals surface area contributed by atoms with Crippen molar-refractivity contribution in [3.63, 3.8) is 0 Å². The van der Waals surface area contributed by atoms with Gasteiger partial charge in [0.1, 0.15) is 11.3 Å². The molecular weight excluding hydrogens is 356 g/mol. The SMILES string of the molecule is O=C(CSc1nc2ccccc2o1)N1CCS[C@H](c2ccco2)CC1. The molecule has 1 saturated heterocycles. The van der Waals surface area contributed by atoms with Crippen LogP contribution in [0.25, 0.3) is 11.1 Å². The molecule has 25 heavy (non-hydrogen) atoms. The van der Waals surface area contributed by atoms with Crippen LogP contribution in [-0.4, -0.2) is 40.4 Å². The Hall–Kier alpha value is -1.86. The monoisotopic (exact) mass is 374 g/mol. The van der Waals surface area contributed by atoms with Crippen LogP contribution in [0.3, 0.4) is 0 Å². The third-order valence-corrected chi connectivity index (χ3v) is 6.25. The number of thioether (sulfide) groups is 2. The van der Waals surface area contributed by atoms with Gasteiger partial charge in [0.2, 0.25) is 5.91 Å². The molecule has 1 aliphatic heterocycles. The Kier molecular flexibility index (Phi) is 5.03. The molecule has 1 atom stereocenters. The number of hydrogen-bond donors (Lipinski definition) is 0. The molecule has 0 saturated carbocycles. The first-order valence-corrected chi connectivity index (χ1v) is 10.2. The summed E-state index contributed by atoms with van der Waals surface area (Å²) in [5, 5.41) is 0.879. The van der Waals surface area contributed by atoms with Gasteiger partial charge in [-0.2, -0.15) is 0 Å². The summed E-state index contributed by atoms with van der Waals surface area (Å²) in [5.74, 6) is 2.40. The van der Waals surface area contributed by atoms with Gasteiger partial charge in [-0.05, 0) is 30.7 Å². The number of carbonyl (C=O) groups is 1. The van der Waals surface area contributed by atoms with Gasteiger partial charge in [0.15, 0.2) is 5.58 Å². The molecule has 0 N–H and O–H groups in total. The second-order valence-electron chi connectivity index (χ2n) is 5.78. The molecule has 5 nitrogen and oxygen atoms in total. The number of nitrogens with zero attached hydrogens (tertiary/aromatic N) is 2. The fourth-order valence-corrected chi connectivity index (χ4v) is 4.77. The van der Waals surface area contributed by atoms with E-state index in [2.05, 4.69) is 4.98 Å². The standard InChI is InChI=1S/C18H18N2O3S2/c21-17(12-25-18-19-13-4-1-2-5-14(13)23-18)20-8-7-16(24-11-9-20)15-6-3-10-22-15/h1-6,10,16H,7-9,11-12H2/t16-/m0/s1. The lowest BCUT2D eigenvalue weighted by molar-refractivity contribution is -0.128. The van der Waals surface area contributed by atoms with Crippen molar-refractivity contribution in [1.29, 1.82) is 0 Å². The number of fused-ring (bicyclic) bond motifs is 1. The number of furan rings is 1. The predicted octanol–water partition coefficient (Wildman–Crippen LogP) is 4.22. The highest BCUT2D eigenvalue weighted by atomic mass is 32.2. The van der Waals surface area contributed by atoms with Gasteiger partial charge < -0.3 is 13.7 Å². The molecule has 130 valence electrons. The van der Waals surface area contributed by atoms with E-state index in [1.807, 2.05) is 53.1 Å². The number of amides is 1. The van der Waals surface area contributed by atoms with Crippen LogP contribution in [0.15, 0.2) is 56.7 Å². The van der Waals surface area contributed by atoms with Crippen molar-refractivity contribution in [3.05, 3.63) is 48.4 Å². The first-order valence-electron chi connectivity index (χ1n) is 8.21. The summed E-state index contributed by atoms with van der Waals surface area (Å²) in [5.41, 5.74) is 1.58. The highest BCUT2D eigenvalue weighted by Crippen LogP contribution is 2.34. The molecule has 0 bridgehead atoms. The number of hydrogen-bond acceptors (Lipinski definition) is 6. The smallest absolute Gasteiger partial charge is 0.257 e. The Morgan fingerprint density at radius 2 is 2.20 bits per heavy atom.